The van der Waals surface area contributed by atoms with Crippen molar-refractivity contribution >= 4 is 11.9 Å². The zero-order valence-corrected chi connectivity index (χ0v) is 33.9. The minimum Gasteiger partial charge on any atom is -0.481 e. The number of β-amino-alcohol motifs (C(OH)–C–C–N with tert-alkyl or cyclic N) is 1. The van der Waals surface area contributed by atoms with E-state index in [-0.39, 0.29) is 51.7 Å². The van der Waals surface area contributed by atoms with Crippen molar-refractivity contribution in [3.05, 3.63) is 46.5 Å². The zero-order valence-electron chi connectivity index (χ0n) is 33.9. The summed E-state index contributed by atoms with van der Waals surface area (Å²) in [6.07, 6.45) is 11.6. The van der Waals surface area contributed by atoms with Gasteiger partial charge in [-0.2, -0.15) is 0 Å². The van der Waals surface area contributed by atoms with Crippen LogP contribution >= 0.6 is 0 Å². The average molecular weight is 716 g/mol. The maximum absolute atomic E-state index is 13.1. The van der Waals surface area contributed by atoms with E-state index in [0.717, 1.165) is 64.6 Å². The van der Waals surface area contributed by atoms with E-state index in [4.69, 9.17) is 4.74 Å². The molecule has 3 unspecified atom stereocenters. The Morgan fingerprint density at radius 1 is 0.885 bits per heavy atom. The summed E-state index contributed by atoms with van der Waals surface area (Å²) in [6, 6.07) is 8.86. The Labute approximate surface area is 314 Å². The number of esters is 1. The average Bonchev–Trinajstić information content (AvgIpc) is 3.47. The molecule has 6 aliphatic rings. The third-order valence-corrected chi connectivity index (χ3v) is 17.4. The molecule has 6 nitrogen and oxygen atoms in total. The molecular weight excluding hydrogens is 647 g/mol. The van der Waals surface area contributed by atoms with Gasteiger partial charge in [0.25, 0.3) is 0 Å². The van der Waals surface area contributed by atoms with Crippen molar-refractivity contribution in [2.75, 3.05) is 13.1 Å². The fourth-order valence-corrected chi connectivity index (χ4v) is 14.2. The molecule has 5 aliphatic carbocycles. The summed E-state index contributed by atoms with van der Waals surface area (Å²) in [4.78, 5) is 27.4. The highest BCUT2D eigenvalue weighted by atomic mass is 16.5. The highest BCUT2D eigenvalue weighted by Crippen LogP contribution is 2.77. The summed E-state index contributed by atoms with van der Waals surface area (Å²) in [6.45, 7) is 23.3. The molecule has 0 aromatic heterocycles. The van der Waals surface area contributed by atoms with Crippen molar-refractivity contribution < 1.29 is 24.5 Å². The number of nitrogens with zero attached hydrogens (tertiary/aromatic N) is 1. The van der Waals surface area contributed by atoms with Gasteiger partial charge in [0, 0.05) is 30.5 Å². The molecule has 4 saturated carbocycles. The van der Waals surface area contributed by atoms with E-state index in [0.29, 0.717) is 23.7 Å². The Balaban J connectivity index is 1.14. The lowest BCUT2D eigenvalue weighted by Gasteiger charge is -2.72. The van der Waals surface area contributed by atoms with Crippen LogP contribution in [0.2, 0.25) is 0 Å². The number of carbonyl (C=O) groups excluding carboxylic acids is 1. The predicted molar refractivity (Wildman–Crippen MR) is 206 cm³/mol. The Morgan fingerprint density at radius 3 is 2.29 bits per heavy atom. The molecular formula is C46H69NO5. The molecule has 2 N–H and O–H groups in total. The summed E-state index contributed by atoms with van der Waals surface area (Å²) in [5.41, 5.74) is 5.33. The molecule has 1 aliphatic heterocycles. The Hall–Kier alpha value is -2.18. The second kappa shape index (κ2) is 13.0. The SMILES string of the molecule is CC(C)C1=C2[C@H]3CC[C@@H]4[C@@]5(C)CC[C@H](OC(=O)CC(C)(C)C(=O)O)C(C)(C)C5CC[C@@]4(C)[C@]3(C)CCC2(C(O)CN2CCc3ccccc3C2)CC1. The van der Waals surface area contributed by atoms with Crippen LogP contribution in [0.4, 0.5) is 0 Å². The number of rotatable bonds is 8. The van der Waals surface area contributed by atoms with Crippen molar-refractivity contribution in [2.45, 2.75) is 158 Å². The van der Waals surface area contributed by atoms with E-state index in [1.165, 1.54) is 36.8 Å². The normalized spacial score (nSPS) is 39.1. The van der Waals surface area contributed by atoms with Gasteiger partial charge in [-0.15, -0.1) is 0 Å². The number of allylic oxidation sites excluding steroid dienone is 1. The molecule has 52 heavy (non-hydrogen) atoms. The summed E-state index contributed by atoms with van der Waals surface area (Å²) in [5, 5.41) is 22.1. The Morgan fingerprint density at radius 2 is 1.60 bits per heavy atom. The molecule has 0 saturated heterocycles. The quantitative estimate of drug-likeness (QED) is 0.206. The third kappa shape index (κ3) is 5.68. The van der Waals surface area contributed by atoms with Crippen LogP contribution in [-0.2, 0) is 27.3 Å². The number of benzene rings is 1. The van der Waals surface area contributed by atoms with Crippen LogP contribution in [0.25, 0.3) is 0 Å². The zero-order chi connectivity index (χ0) is 37.6. The van der Waals surface area contributed by atoms with Crippen molar-refractivity contribution in [3.8, 4) is 0 Å². The number of carbonyl (C=O) groups is 2. The number of ether oxygens (including phenoxy) is 1. The molecule has 9 atom stereocenters. The van der Waals surface area contributed by atoms with Gasteiger partial charge < -0.3 is 14.9 Å². The smallest absolute Gasteiger partial charge is 0.309 e. The van der Waals surface area contributed by atoms with Gasteiger partial charge in [0.2, 0.25) is 0 Å². The first-order valence-corrected chi connectivity index (χ1v) is 20.9. The molecule has 4 fully saturated rings. The number of hydrogen-bond donors (Lipinski definition) is 2. The lowest BCUT2D eigenvalue weighted by atomic mass is 9.33. The third-order valence-electron chi connectivity index (χ3n) is 17.4. The van der Waals surface area contributed by atoms with Crippen molar-refractivity contribution in [2.24, 2.45) is 56.2 Å². The van der Waals surface area contributed by atoms with Gasteiger partial charge in [-0.25, -0.2) is 0 Å². The van der Waals surface area contributed by atoms with Gasteiger partial charge >= 0.3 is 11.9 Å². The number of aliphatic carboxylic acids is 1. The first kappa shape index (κ1) is 38.1. The molecule has 0 bridgehead atoms. The van der Waals surface area contributed by atoms with Crippen molar-refractivity contribution in [1.29, 1.82) is 0 Å². The predicted octanol–water partition coefficient (Wildman–Crippen LogP) is 9.62. The second-order valence-electron chi connectivity index (χ2n) is 20.8. The summed E-state index contributed by atoms with van der Waals surface area (Å²) in [5.74, 6) is 0.707. The Kier molecular flexibility index (Phi) is 9.50. The van der Waals surface area contributed by atoms with Gasteiger partial charge in [0.1, 0.15) is 6.10 Å². The van der Waals surface area contributed by atoms with E-state index in [2.05, 4.69) is 77.6 Å². The first-order chi connectivity index (χ1) is 24.3. The monoisotopic (exact) mass is 716 g/mol. The number of hydrogen-bond acceptors (Lipinski definition) is 5. The summed E-state index contributed by atoms with van der Waals surface area (Å²) >= 11 is 0. The van der Waals surface area contributed by atoms with E-state index in [1.807, 2.05) is 0 Å². The highest BCUT2D eigenvalue weighted by molar-refractivity contribution is 5.81. The first-order valence-electron chi connectivity index (χ1n) is 20.9. The molecule has 288 valence electrons. The molecule has 7 rings (SSSR count). The van der Waals surface area contributed by atoms with Gasteiger partial charge in [-0.1, -0.05) is 83.9 Å². The van der Waals surface area contributed by atoms with Crippen molar-refractivity contribution in [3.63, 3.8) is 0 Å². The number of aliphatic hydroxyl groups excluding tert-OH is 1. The van der Waals surface area contributed by atoms with Gasteiger partial charge in [0.05, 0.1) is 17.9 Å². The fraction of sp³-hybridized carbons (Fsp3) is 0.783. The van der Waals surface area contributed by atoms with Crippen LogP contribution in [0.5, 0.6) is 0 Å². The molecule has 0 amide bonds. The standard InChI is InChI=1S/C46H69NO5/c1-29(2)32-16-22-46(36(48)28-47-25-19-30-12-10-11-13-31(30)27-47)24-23-44(8)33(39(32)46)14-15-35-43(7)20-18-37(52-38(49)26-41(3,4)40(50)51)42(5,6)34(43)17-21-45(35,44)9/h10-13,29,33-37,48H,14-28H2,1-9H3,(H,50,51)/t33-,34?,35-,36?,37+,43+,44-,45-,46?/m1/s1. The number of fused-ring (bicyclic) bond motifs is 8. The van der Waals surface area contributed by atoms with Crippen LogP contribution in [0.3, 0.4) is 0 Å². The molecule has 0 radical (unpaired) electrons. The van der Waals surface area contributed by atoms with E-state index in [9.17, 15) is 19.8 Å². The van der Waals surface area contributed by atoms with Crippen LogP contribution in [0.1, 0.15) is 144 Å². The van der Waals surface area contributed by atoms with E-state index in [1.54, 1.807) is 25.0 Å². The van der Waals surface area contributed by atoms with Crippen LogP contribution in [-0.4, -0.2) is 52.3 Å². The van der Waals surface area contributed by atoms with Crippen LogP contribution in [0.15, 0.2) is 35.4 Å². The van der Waals surface area contributed by atoms with E-state index < -0.39 is 11.4 Å². The topological polar surface area (TPSA) is 87.1 Å². The summed E-state index contributed by atoms with van der Waals surface area (Å²) < 4.78 is 6.20. The van der Waals surface area contributed by atoms with Crippen LogP contribution in [0, 0.1) is 56.2 Å². The minimum atomic E-state index is -1.14. The fourth-order valence-electron chi connectivity index (χ4n) is 14.2. The van der Waals surface area contributed by atoms with Gasteiger partial charge in [-0.05, 0) is 136 Å². The number of carboxylic acid groups (broad SMARTS) is 1. The second-order valence-corrected chi connectivity index (χ2v) is 20.8. The molecule has 0 spiro atoms. The number of carboxylic acids is 1. The maximum Gasteiger partial charge on any atom is 0.309 e. The summed E-state index contributed by atoms with van der Waals surface area (Å²) in [7, 11) is 0. The van der Waals surface area contributed by atoms with E-state index >= 15 is 0 Å². The molecule has 1 heterocycles. The van der Waals surface area contributed by atoms with Gasteiger partial charge in [-0.3, -0.25) is 14.5 Å². The molecule has 1 aromatic carbocycles. The van der Waals surface area contributed by atoms with Crippen molar-refractivity contribution in [1.82, 2.24) is 4.90 Å². The van der Waals surface area contributed by atoms with Gasteiger partial charge in [0.15, 0.2) is 0 Å². The highest BCUT2D eigenvalue weighted by Gasteiger charge is 2.70. The Bertz CT molecular complexity index is 1610. The number of aliphatic hydroxyl groups is 1. The minimum absolute atomic E-state index is 0.103. The lowest BCUT2D eigenvalue weighted by molar-refractivity contribution is -0.235. The van der Waals surface area contributed by atoms with Crippen LogP contribution < -0.4 is 0 Å². The maximum atomic E-state index is 13.1. The largest absolute Gasteiger partial charge is 0.481 e. The molecule has 6 heteroatoms. The molecule has 1 aromatic rings. The lowest BCUT2D eigenvalue weighted by Crippen LogP contribution is -2.66.